The van der Waals surface area contributed by atoms with E-state index in [1.54, 1.807) is 0 Å². The molecule has 0 saturated heterocycles. The largest absolute Gasteiger partial charge is 0.493 e. The normalized spacial score (nSPS) is 10.1. The van der Waals surface area contributed by atoms with Crippen LogP contribution < -0.4 is 9.47 Å². The average molecular weight is 309 g/mol. The molecule has 1 heterocycles. The lowest BCUT2D eigenvalue weighted by Gasteiger charge is -2.11. The van der Waals surface area contributed by atoms with Crippen LogP contribution in [0.5, 0.6) is 11.5 Å². The van der Waals surface area contributed by atoms with Gasteiger partial charge in [-0.2, -0.15) is 11.3 Å². The van der Waals surface area contributed by atoms with Crippen molar-refractivity contribution in [2.75, 3.05) is 7.11 Å². The van der Waals surface area contributed by atoms with Gasteiger partial charge in [0.1, 0.15) is 12.2 Å². The molecule has 21 heavy (non-hydrogen) atoms. The van der Waals surface area contributed by atoms with Crippen LogP contribution in [0.3, 0.4) is 0 Å². The number of carboxylic acids is 1. The zero-order chi connectivity index (χ0) is 15.4. The van der Waals surface area contributed by atoms with Crippen molar-refractivity contribution in [3.63, 3.8) is 0 Å². The molecular weight excluding hydrogens is 298 g/mol. The van der Waals surface area contributed by atoms with Crippen molar-refractivity contribution in [2.24, 2.45) is 0 Å². The highest BCUT2D eigenvalue weighted by Gasteiger charge is 2.24. The Balaban J connectivity index is 2.37. The predicted molar refractivity (Wildman–Crippen MR) is 75.3 cm³/mol. The first-order valence-electron chi connectivity index (χ1n) is 5.76. The highest BCUT2D eigenvalue weighted by atomic mass is 32.1. The number of thiophene rings is 1. The third kappa shape index (κ3) is 3.29. The molecule has 0 unspecified atom stereocenters. The van der Waals surface area contributed by atoms with Crippen molar-refractivity contribution in [3.8, 4) is 11.5 Å². The molecule has 2 aromatic rings. The van der Waals surface area contributed by atoms with E-state index >= 15 is 0 Å². The summed E-state index contributed by atoms with van der Waals surface area (Å²) >= 11 is 1.50. The maximum Gasteiger partial charge on any atom is 0.342 e. The van der Waals surface area contributed by atoms with Crippen molar-refractivity contribution in [1.29, 1.82) is 0 Å². The maximum atomic E-state index is 11.1. The molecule has 1 aromatic carbocycles. The molecule has 0 aliphatic heterocycles. The Hall–Kier alpha value is -2.61. The molecule has 0 bridgehead atoms. The molecule has 110 valence electrons. The van der Waals surface area contributed by atoms with E-state index in [1.165, 1.54) is 18.4 Å². The van der Waals surface area contributed by atoms with E-state index in [-0.39, 0.29) is 18.1 Å². The van der Waals surface area contributed by atoms with Crippen LogP contribution in [-0.2, 0) is 6.61 Å². The molecule has 7 nitrogen and oxygen atoms in total. The molecule has 0 spiro atoms. The number of hydrogen-bond acceptors (Lipinski definition) is 6. The highest BCUT2D eigenvalue weighted by molar-refractivity contribution is 7.07. The number of nitrogens with zero attached hydrogens (tertiary/aromatic N) is 1. The molecular formula is C13H11NO6S. The summed E-state index contributed by atoms with van der Waals surface area (Å²) in [6.07, 6.45) is 0. The van der Waals surface area contributed by atoms with Crippen molar-refractivity contribution >= 4 is 23.0 Å². The summed E-state index contributed by atoms with van der Waals surface area (Å²) in [4.78, 5) is 21.2. The number of ether oxygens (including phenoxy) is 2. The Bertz CT molecular complexity index is 668. The fourth-order valence-corrected chi connectivity index (χ4v) is 2.33. The summed E-state index contributed by atoms with van der Waals surface area (Å²) in [5.41, 5.74) is -0.0737. The third-order valence-corrected chi connectivity index (χ3v) is 3.42. The average Bonchev–Trinajstić information content (AvgIpc) is 2.97. The minimum atomic E-state index is -1.40. The zero-order valence-corrected chi connectivity index (χ0v) is 11.8. The van der Waals surface area contributed by atoms with Gasteiger partial charge in [-0.3, -0.25) is 10.1 Å². The summed E-state index contributed by atoms with van der Waals surface area (Å²) in [6, 6.07) is 4.01. The molecule has 0 fully saturated rings. The third-order valence-electron chi connectivity index (χ3n) is 2.68. The lowest BCUT2D eigenvalue weighted by Crippen LogP contribution is -2.05. The molecule has 0 amide bonds. The first kappa shape index (κ1) is 14.8. The van der Waals surface area contributed by atoms with Gasteiger partial charge in [0.05, 0.1) is 18.1 Å². The molecule has 2 rings (SSSR count). The van der Waals surface area contributed by atoms with E-state index in [0.717, 1.165) is 17.7 Å². The van der Waals surface area contributed by atoms with Gasteiger partial charge in [-0.05, 0) is 22.4 Å². The second-order valence-electron chi connectivity index (χ2n) is 4.00. The molecule has 0 radical (unpaired) electrons. The molecule has 8 heteroatoms. The number of hydrogen-bond donors (Lipinski definition) is 1. The van der Waals surface area contributed by atoms with Crippen LogP contribution in [0.4, 0.5) is 5.69 Å². The zero-order valence-electron chi connectivity index (χ0n) is 10.9. The Labute approximate surface area is 123 Å². The van der Waals surface area contributed by atoms with Gasteiger partial charge in [0.15, 0.2) is 11.5 Å². The molecule has 0 saturated carbocycles. The maximum absolute atomic E-state index is 11.1. The van der Waals surface area contributed by atoms with Crippen LogP contribution in [0, 0.1) is 10.1 Å². The van der Waals surface area contributed by atoms with Crippen LogP contribution in [-0.4, -0.2) is 23.1 Å². The van der Waals surface area contributed by atoms with E-state index in [4.69, 9.17) is 14.6 Å². The van der Waals surface area contributed by atoms with Crippen LogP contribution >= 0.6 is 11.3 Å². The van der Waals surface area contributed by atoms with Crippen LogP contribution in [0.1, 0.15) is 15.9 Å². The number of carbonyl (C=O) groups is 1. The minimum Gasteiger partial charge on any atom is -0.493 e. The minimum absolute atomic E-state index is 0.125. The number of nitro benzene ring substituents is 1. The topological polar surface area (TPSA) is 98.9 Å². The molecule has 0 atom stereocenters. The van der Waals surface area contributed by atoms with Crippen LogP contribution in [0.15, 0.2) is 29.0 Å². The van der Waals surface area contributed by atoms with Gasteiger partial charge >= 0.3 is 5.97 Å². The second-order valence-corrected chi connectivity index (χ2v) is 4.78. The van der Waals surface area contributed by atoms with Crippen LogP contribution in [0.2, 0.25) is 0 Å². The first-order chi connectivity index (χ1) is 10.0. The van der Waals surface area contributed by atoms with E-state index in [2.05, 4.69) is 0 Å². The molecule has 0 aliphatic carbocycles. The van der Waals surface area contributed by atoms with Crippen molar-refractivity contribution in [3.05, 3.63) is 50.2 Å². The fraction of sp³-hybridized carbons (Fsp3) is 0.154. The Kier molecular flexibility index (Phi) is 4.39. The van der Waals surface area contributed by atoms with E-state index < -0.39 is 22.1 Å². The quantitative estimate of drug-likeness (QED) is 0.650. The van der Waals surface area contributed by atoms with Gasteiger partial charge in [-0.1, -0.05) is 0 Å². The summed E-state index contributed by atoms with van der Waals surface area (Å²) in [7, 11) is 1.34. The number of carboxylic acid groups (broad SMARTS) is 1. The Morgan fingerprint density at radius 3 is 2.71 bits per heavy atom. The van der Waals surface area contributed by atoms with E-state index in [1.807, 2.05) is 16.8 Å². The summed E-state index contributed by atoms with van der Waals surface area (Å²) in [5.74, 6) is -1.14. The van der Waals surface area contributed by atoms with Crippen molar-refractivity contribution in [1.82, 2.24) is 0 Å². The first-order valence-corrected chi connectivity index (χ1v) is 6.70. The number of aromatic carboxylic acids is 1. The van der Waals surface area contributed by atoms with Crippen LogP contribution in [0.25, 0.3) is 0 Å². The van der Waals surface area contributed by atoms with Crippen molar-refractivity contribution in [2.45, 2.75) is 6.61 Å². The number of methoxy groups -OCH3 is 1. The van der Waals surface area contributed by atoms with Gasteiger partial charge in [-0.15, -0.1) is 0 Å². The van der Waals surface area contributed by atoms with Gasteiger partial charge in [-0.25, -0.2) is 4.79 Å². The van der Waals surface area contributed by atoms with Gasteiger partial charge in [0, 0.05) is 6.07 Å². The van der Waals surface area contributed by atoms with E-state index in [0.29, 0.717) is 0 Å². The molecule has 1 N–H and O–H groups in total. The fourth-order valence-electron chi connectivity index (χ4n) is 1.68. The Morgan fingerprint density at radius 2 is 2.19 bits per heavy atom. The van der Waals surface area contributed by atoms with Crippen molar-refractivity contribution < 1.29 is 24.3 Å². The smallest absolute Gasteiger partial charge is 0.342 e. The van der Waals surface area contributed by atoms with Gasteiger partial charge in [0.2, 0.25) is 0 Å². The lowest BCUT2D eigenvalue weighted by atomic mass is 10.1. The summed E-state index contributed by atoms with van der Waals surface area (Å²) < 4.78 is 10.5. The Morgan fingerprint density at radius 1 is 1.43 bits per heavy atom. The van der Waals surface area contributed by atoms with E-state index in [9.17, 15) is 14.9 Å². The van der Waals surface area contributed by atoms with Gasteiger partial charge in [0.25, 0.3) is 5.69 Å². The monoisotopic (exact) mass is 309 g/mol. The molecule has 1 aromatic heterocycles. The van der Waals surface area contributed by atoms with Gasteiger partial charge < -0.3 is 14.6 Å². The lowest BCUT2D eigenvalue weighted by molar-refractivity contribution is -0.385. The number of nitro groups is 1. The molecule has 0 aliphatic rings. The second kappa shape index (κ2) is 6.23. The highest BCUT2D eigenvalue weighted by Crippen LogP contribution is 2.35. The number of rotatable bonds is 6. The summed E-state index contributed by atoms with van der Waals surface area (Å²) in [5, 5.41) is 23.7. The summed E-state index contributed by atoms with van der Waals surface area (Å²) in [6.45, 7) is 0.212. The standard InChI is InChI=1S/C13H11NO6S/c1-19-11-4-9(13(15)16)10(14(17)18)5-12(11)20-6-8-2-3-21-7-8/h2-5,7H,6H2,1H3,(H,15,16). The number of benzene rings is 1. The predicted octanol–water partition coefficient (Wildman–Crippen LogP) is 2.94. The SMILES string of the molecule is COc1cc(C(=O)O)c([N+](=O)[O-])cc1OCc1ccsc1.